The van der Waals surface area contributed by atoms with E-state index in [1.165, 1.54) is 5.56 Å². The van der Waals surface area contributed by atoms with E-state index in [-0.39, 0.29) is 0 Å². The van der Waals surface area contributed by atoms with Gasteiger partial charge in [-0.05, 0) is 12.5 Å². The van der Waals surface area contributed by atoms with Gasteiger partial charge in [0.2, 0.25) is 5.39 Å². The normalized spacial score (nSPS) is 8.84. The lowest BCUT2D eigenvalue weighted by atomic mass is 10.0. The number of hydrogen-bond acceptors (Lipinski definition) is 3. The van der Waals surface area contributed by atoms with Crippen molar-refractivity contribution in [2.24, 2.45) is 0 Å². The first kappa shape index (κ1) is 14.4. The lowest BCUT2D eigenvalue weighted by molar-refractivity contribution is -0.302. The molecule has 4 heteroatoms. The van der Waals surface area contributed by atoms with Gasteiger partial charge >= 0.3 is 5.69 Å². The maximum Gasteiger partial charge on any atom is 0.388 e. The Hall–Kier alpha value is -2.67. The van der Waals surface area contributed by atoms with E-state index in [0.29, 0.717) is 5.69 Å². The zero-order chi connectivity index (χ0) is 14.1. The van der Waals surface area contributed by atoms with E-state index >= 15 is 0 Å². The first-order valence-electron chi connectivity index (χ1n) is 5.78. The molecule has 2 aromatic rings. The fraction of sp³-hybridized carbons (Fsp3) is 0.133. The van der Waals surface area contributed by atoms with Crippen LogP contribution in [0.1, 0.15) is 18.1 Å². The van der Waals surface area contributed by atoms with E-state index in [1.807, 2.05) is 36.4 Å². The number of carboxylic acid groups (broad SMARTS) is 1. The average Bonchev–Trinajstić information content (AvgIpc) is 2.40. The molecule has 19 heavy (non-hydrogen) atoms. The van der Waals surface area contributed by atoms with Crippen molar-refractivity contribution in [1.29, 1.82) is 5.39 Å². The van der Waals surface area contributed by atoms with Gasteiger partial charge in [0.1, 0.15) is 0 Å². The van der Waals surface area contributed by atoms with Crippen molar-refractivity contribution in [1.82, 2.24) is 0 Å². The number of benzene rings is 2. The van der Waals surface area contributed by atoms with Crippen LogP contribution in [-0.4, -0.2) is 5.97 Å². The Morgan fingerprint density at radius 3 is 2.21 bits per heavy atom. The van der Waals surface area contributed by atoms with E-state index in [9.17, 15) is 0 Å². The van der Waals surface area contributed by atoms with Crippen molar-refractivity contribution in [3.8, 4) is 0 Å². The maximum absolute atomic E-state index is 8.89. The summed E-state index contributed by atoms with van der Waals surface area (Å²) in [7, 11) is 0. The number of diazo groups is 1. The highest BCUT2D eigenvalue weighted by molar-refractivity contribution is 5.60. The molecule has 0 unspecified atom stereocenters. The number of carbonyl (C=O) groups is 1. The Kier molecular flexibility index (Phi) is 5.77. The van der Waals surface area contributed by atoms with E-state index in [2.05, 4.69) is 17.1 Å². The number of hydrogen-bond donors (Lipinski definition) is 0. The topological polar surface area (TPSA) is 68.3 Å². The summed E-state index contributed by atoms with van der Waals surface area (Å²) in [6, 6.07) is 17.7. The predicted molar refractivity (Wildman–Crippen MR) is 71.1 cm³/mol. The van der Waals surface area contributed by atoms with E-state index in [0.717, 1.165) is 18.9 Å². The molecule has 0 bridgehead atoms. The fourth-order valence-electron chi connectivity index (χ4n) is 1.57. The predicted octanol–water partition coefficient (Wildman–Crippen LogP) is 2.52. The van der Waals surface area contributed by atoms with Crippen LogP contribution in [0.4, 0.5) is 5.69 Å². The lowest BCUT2D eigenvalue weighted by Gasteiger charge is -1.98. The Balaban J connectivity index is 0.000000399. The summed E-state index contributed by atoms with van der Waals surface area (Å²) in [5, 5.41) is 17.7. The number of aliphatic carboxylic acids is 1. The molecule has 0 radical (unpaired) electrons. The molecule has 0 aromatic heterocycles. The highest BCUT2D eigenvalue weighted by Gasteiger charge is 2.11. The maximum atomic E-state index is 8.89. The number of nitrogens with zero attached hydrogens (tertiary/aromatic N) is 2. The summed E-state index contributed by atoms with van der Waals surface area (Å²) in [5.41, 5.74) is 2.89. The number of rotatable bonds is 2. The second-order valence-electron chi connectivity index (χ2n) is 3.88. The van der Waals surface area contributed by atoms with Gasteiger partial charge in [-0.15, -0.1) is 0 Å². The van der Waals surface area contributed by atoms with Crippen molar-refractivity contribution >= 4 is 11.7 Å². The van der Waals surface area contributed by atoms with E-state index in [1.54, 1.807) is 6.07 Å². The highest BCUT2D eigenvalue weighted by atomic mass is 16.4. The SMILES string of the molecule is CC(=O)[O-].N#[N+]c1ccccc1Cc1ccccc1. The third kappa shape index (κ3) is 5.46. The molecule has 0 saturated carbocycles. The van der Waals surface area contributed by atoms with E-state index < -0.39 is 5.97 Å². The molecule has 0 amide bonds. The minimum Gasteiger partial charge on any atom is -0.550 e. The van der Waals surface area contributed by atoms with Gasteiger partial charge in [0.05, 0.1) is 5.56 Å². The molecule has 0 spiro atoms. The number of carboxylic acids is 1. The lowest BCUT2D eigenvalue weighted by Crippen LogP contribution is -2.16. The molecule has 0 aliphatic heterocycles. The molecule has 4 nitrogen and oxygen atoms in total. The molecule has 0 saturated heterocycles. The highest BCUT2D eigenvalue weighted by Crippen LogP contribution is 2.21. The first-order valence-corrected chi connectivity index (χ1v) is 5.78. The van der Waals surface area contributed by atoms with Gasteiger partial charge < -0.3 is 9.90 Å². The summed E-state index contributed by atoms with van der Waals surface area (Å²) >= 11 is 0. The van der Waals surface area contributed by atoms with Crippen LogP contribution >= 0.6 is 0 Å². The zero-order valence-electron chi connectivity index (χ0n) is 10.6. The zero-order valence-corrected chi connectivity index (χ0v) is 10.6. The van der Waals surface area contributed by atoms with Gasteiger partial charge in [-0.25, -0.2) is 0 Å². The van der Waals surface area contributed by atoms with Crippen molar-refractivity contribution in [2.45, 2.75) is 13.3 Å². The van der Waals surface area contributed by atoms with Gasteiger partial charge in [-0.2, -0.15) is 0 Å². The van der Waals surface area contributed by atoms with Crippen LogP contribution in [0.2, 0.25) is 0 Å². The molecule has 2 aromatic carbocycles. The molecular weight excluding hydrogens is 240 g/mol. The Morgan fingerprint density at radius 2 is 1.63 bits per heavy atom. The van der Waals surface area contributed by atoms with Gasteiger partial charge in [-0.1, -0.05) is 48.5 Å². The van der Waals surface area contributed by atoms with E-state index in [4.69, 9.17) is 15.3 Å². The monoisotopic (exact) mass is 254 g/mol. The first-order chi connectivity index (χ1) is 9.13. The van der Waals surface area contributed by atoms with Crippen molar-refractivity contribution in [3.63, 3.8) is 0 Å². The minimum atomic E-state index is -1.08. The number of carbonyl (C=O) groups excluding carboxylic acids is 1. The quantitative estimate of drug-likeness (QED) is 0.773. The summed E-state index contributed by atoms with van der Waals surface area (Å²) in [5.74, 6) is -1.08. The summed E-state index contributed by atoms with van der Waals surface area (Å²) in [4.78, 5) is 12.2. The molecule has 96 valence electrons. The third-order valence-corrected chi connectivity index (χ3v) is 2.34. The van der Waals surface area contributed by atoms with Crippen LogP contribution in [0, 0.1) is 5.39 Å². The van der Waals surface area contributed by atoms with Gasteiger partial charge in [0, 0.05) is 18.5 Å². The summed E-state index contributed by atoms with van der Waals surface area (Å²) < 4.78 is 0. The van der Waals surface area contributed by atoms with Crippen LogP contribution in [0.3, 0.4) is 0 Å². The van der Waals surface area contributed by atoms with Gasteiger partial charge in [0.25, 0.3) is 0 Å². The molecule has 0 N–H and O–H groups in total. The van der Waals surface area contributed by atoms with Crippen molar-refractivity contribution in [2.75, 3.05) is 0 Å². The summed E-state index contributed by atoms with van der Waals surface area (Å²) in [6.45, 7) is 0.972. The molecule has 0 atom stereocenters. The van der Waals surface area contributed by atoms with Crippen LogP contribution < -0.4 is 5.11 Å². The third-order valence-electron chi connectivity index (χ3n) is 2.34. The molecule has 0 aliphatic carbocycles. The molecular formula is C15H14N2O2. The Morgan fingerprint density at radius 1 is 1.11 bits per heavy atom. The second kappa shape index (κ2) is 7.62. The fourth-order valence-corrected chi connectivity index (χ4v) is 1.57. The molecule has 2 rings (SSSR count). The Labute approximate surface area is 112 Å². The standard InChI is InChI=1S/C13H11N2.C2H4O2/c14-15-13-9-5-4-8-12(13)10-11-6-2-1-3-7-11;1-2(3)4/h1-9H,10H2;1H3,(H,3,4)/q+1;/p-1. The molecule has 0 aliphatic rings. The average molecular weight is 254 g/mol. The van der Waals surface area contributed by atoms with Crippen LogP contribution in [0.15, 0.2) is 54.6 Å². The smallest absolute Gasteiger partial charge is 0.388 e. The summed E-state index contributed by atoms with van der Waals surface area (Å²) in [6.07, 6.45) is 0.793. The van der Waals surface area contributed by atoms with Crippen molar-refractivity contribution in [3.05, 3.63) is 70.7 Å². The van der Waals surface area contributed by atoms with Gasteiger partial charge in [0.15, 0.2) is 4.98 Å². The largest absolute Gasteiger partial charge is 0.550 e. The van der Waals surface area contributed by atoms with Crippen molar-refractivity contribution < 1.29 is 9.90 Å². The second-order valence-corrected chi connectivity index (χ2v) is 3.88. The molecule has 0 fully saturated rings. The van der Waals surface area contributed by atoms with Gasteiger partial charge in [-0.3, -0.25) is 0 Å². The van der Waals surface area contributed by atoms with Crippen LogP contribution in [0.5, 0.6) is 0 Å². The van der Waals surface area contributed by atoms with Crippen LogP contribution in [-0.2, 0) is 11.2 Å². The minimum absolute atomic E-state index is 0.640. The van der Waals surface area contributed by atoms with Crippen LogP contribution in [0.25, 0.3) is 4.98 Å². The Bertz CT molecular complexity index is 570. The molecule has 0 heterocycles.